The number of methoxy groups -OCH3 is 1. The quantitative estimate of drug-likeness (QED) is 0.757. The van der Waals surface area contributed by atoms with Gasteiger partial charge in [0.05, 0.1) is 24.6 Å². The zero-order valence-corrected chi connectivity index (χ0v) is 14.2. The molecule has 2 atom stereocenters. The summed E-state index contributed by atoms with van der Waals surface area (Å²) in [7, 11) is 1.66. The fraction of sp³-hybridized carbons (Fsp3) is 0.333. The van der Waals surface area contributed by atoms with Gasteiger partial charge < -0.3 is 15.2 Å². The number of hydrogen-bond acceptors (Lipinski definition) is 6. The molecule has 1 saturated carbocycles. The van der Waals surface area contributed by atoms with E-state index in [1.807, 2.05) is 24.3 Å². The Bertz CT molecular complexity index is 847. The molecule has 2 N–H and O–H groups in total. The first kappa shape index (κ1) is 15.4. The molecule has 1 aliphatic rings. The Labute approximate surface area is 144 Å². The van der Waals surface area contributed by atoms with Gasteiger partial charge in [0.1, 0.15) is 22.7 Å². The maximum absolute atomic E-state index is 10.1. The van der Waals surface area contributed by atoms with Gasteiger partial charge >= 0.3 is 0 Å². The molecule has 124 valence electrons. The number of aliphatic hydroxyl groups is 1. The number of benzene rings is 1. The van der Waals surface area contributed by atoms with Crippen molar-refractivity contribution in [2.24, 2.45) is 0 Å². The highest BCUT2D eigenvalue weighted by Gasteiger charge is 2.26. The number of thiophene rings is 1. The van der Waals surface area contributed by atoms with Crippen molar-refractivity contribution in [2.75, 3.05) is 12.4 Å². The topological polar surface area (TPSA) is 67.3 Å². The Kier molecular flexibility index (Phi) is 4.08. The van der Waals surface area contributed by atoms with E-state index in [-0.39, 0.29) is 12.1 Å². The second kappa shape index (κ2) is 6.37. The zero-order valence-electron chi connectivity index (χ0n) is 13.4. The summed E-state index contributed by atoms with van der Waals surface area (Å²) < 4.78 is 5.24. The Morgan fingerprint density at radius 2 is 2.04 bits per heavy atom. The van der Waals surface area contributed by atoms with E-state index in [0.29, 0.717) is 0 Å². The fourth-order valence-corrected chi connectivity index (χ4v) is 4.17. The maximum Gasteiger partial charge on any atom is 0.139 e. The third kappa shape index (κ3) is 2.72. The predicted molar refractivity (Wildman–Crippen MR) is 96.7 cm³/mol. The third-order valence-corrected chi connectivity index (χ3v) is 5.46. The zero-order chi connectivity index (χ0) is 16.5. The van der Waals surface area contributed by atoms with Crippen LogP contribution in [0.3, 0.4) is 0 Å². The van der Waals surface area contributed by atoms with Crippen LogP contribution in [0.1, 0.15) is 19.3 Å². The maximum atomic E-state index is 10.1. The largest absolute Gasteiger partial charge is 0.497 e. The van der Waals surface area contributed by atoms with Gasteiger partial charge in [-0.05, 0) is 37.0 Å². The standard InChI is InChI=1S/C18H19N3O2S/c1-23-12-7-5-11(6-8-12)13-9-24-18-16(13)17(19-10-20-18)21-14-3-2-4-15(14)22/h5-10,14-15,22H,2-4H2,1H3,(H,19,20,21). The summed E-state index contributed by atoms with van der Waals surface area (Å²) >= 11 is 1.61. The Morgan fingerprint density at radius 1 is 1.21 bits per heavy atom. The first-order valence-corrected chi connectivity index (χ1v) is 8.95. The van der Waals surface area contributed by atoms with E-state index < -0.39 is 0 Å². The molecule has 24 heavy (non-hydrogen) atoms. The summed E-state index contributed by atoms with van der Waals surface area (Å²) in [6, 6.07) is 8.06. The summed E-state index contributed by atoms with van der Waals surface area (Å²) in [5.41, 5.74) is 2.21. The van der Waals surface area contributed by atoms with E-state index in [1.165, 1.54) is 0 Å². The van der Waals surface area contributed by atoms with Crippen molar-refractivity contribution >= 4 is 27.4 Å². The monoisotopic (exact) mass is 341 g/mol. The van der Waals surface area contributed by atoms with E-state index in [4.69, 9.17) is 4.74 Å². The summed E-state index contributed by atoms with van der Waals surface area (Å²) in [4.78, 5) is 9.79. The van der Waals surface area contributed by atoms with Gasteiger partial charge in [-0.1, -0.05) is 12.1 Å². The van der Waals surface area contributed by atoms with E-state index >= 15 is 0 Å². The lowest BCUT2D eigenvalue weighted by Crippen LogP contribution is -2.28. The highest BCUT2D eigenvalue weighted by Crippen LogP contribution is 2.37. The molecule has 6 heteroatoms. The van der Waals surface area contributed by atoms with Gasteiger partial charge in [-0.25, -0.2) is 9.97 Å². The summed E-state index contributed by atoms with van der Waals surface area (Å²) in [6.45, 7) is 0. The molecule has 1 aromatic carbocycles. The first-order valence-electron chi connectivity index (χ1n) is 8.07. The summed E-state index contributed by atoms with van der Waals surface area (Å²) in [5.74, 6) is 1.64. The number of hydrogen-bond donors (Lipinski definition) is 2. The van der Waals surface area contributed by atoms with Crippen LogP contribution < -0.4 is 10.1 Å². The molecular weight excluding hydrogens is 322 g/mol. The number of ether oxygens (including phenoxy) is 1. The SMILES string of the molecule is COc1ccc(-c2csc3ncnc(NC4CCCC4O)c23)cc1. The van der Waals surface area contributed by atoms with Crippen LogP contribution in [-0.4, -0.2) is 34.3 Å². The fourth-order valence-electron chi connectivity index (χ4n) is 3.25. The lowest BCUT2D eigenvalue weighted by atomic mass is 10.1. The van der Waals surface area contributed by atoms with Crippen LogP contribution in [0.25, 0.3) is 21.3 Å². The Hall–Kier alpha value is -2.18. The van der Waals surface area contributed by atoms with Crippen molar-refractivity contribution < 1.29 is 9.84 Å². The minimum Gasteiger partial charge on any atom is -0.497 e. The van der Waals surface area contributed by atoms with Gasteiger partial charge in [-0.2, -0.15) is 0 Å². The van der Waals surface area contributed by atoms with E-state index in [0.717, 1.165) is 52.2 Å². The highest BCUT2D eigenvalue weighted by molar-refractivity contribution is 7.17. The van der Waals surface area contributed by atoms with Crippen molar-refractivity contribution in [3.63, 3.8) is 0 Å². The van der Waals surface area contributed by atoms with Gasteiger partial charge in [0.15, 0.2) is 0 Å². The molecule has 2 heterocycles. The second-order valence-electron chi connectivity index (χ2n) is 6.03. The normalized spacial score (nSPS) is 20.4. The number of rotatable bonds is 4. The highest BCUT2D eigenvalue weighted by atomic mass is 32.1. The lowest BCUT2D eigenvalue weighted by Gasteiger charge is -2.18. The molecule has 0 aliphatic heterocycles. The van der Waals surface area contributed by atoms with Crippen molar-refractivity contribution in [3.05, 3.63) is 36.0 Å². The molecular formula is C18H19N3O2S. The molecule has 2 aromatic heterocycles. The molecule has 4 rings (SSSR count). The summed E-state index contributed by atoms with van der Waals surface area (Å²) in [5, 5.41) is 16.7. The molecule has 3 aromatic rings. The number of aliphatic hydroxyl groups excluding tert-OH is 1. The van der Waals surface area contributed by atoms with Gasteiger partial charge in [0, 0.05) is 10.9 Å². The molecule has 0 saturated heterocycles. The average molecular weight is 341 g/mol. The summed E-state index contributed by atoms with van der Waals surface area (Å²) in [6.07, 6.45) is 4.14. The molecule has 2 unspecified atom stereocenters. The van der Waals surface area contributed by atoms with Gasteiger partial charge in [-0.3, -0.25) is 0 Å². The number of fused-ring (bicyclic) bond motifs is 1. The van der Waals surface area contributed by atoms with E-state index in [9.17, 15) is 5.11 Å². The van der Waals surface area contributed by atoms with Crippen LogP contribution in [0, 0.1) is 0 Å². The van der Waals surface area contributed by atoms with Gasteiger partial charge in [0.25, 0.3) is 0 Å². The first-order chi connectivity index (χ1) is 11.8. The molecule has 5 nitrogen and oxygen atoms in total. The van der Waals surface area contributed by atoms with Crippen LogP contribution in [0.4, 0.5) is 5.82 Å². The van der Waals surface area contributed by atoms with Crippen LogP contribution in [0.15, 0.2) is 36.0 Å². The smallest absolute Gasteiger partial charge is 0.139 e. The Morgan fingerprint density at radius 3 is 2.75 bits per heavy atom. The predicted octanol–water partition coefficient (Wildman–Crippen LogP) is 3.69. The molecule has 0 spiro atoms. The molecule has 0 radical (unpaired) electrons. The van der Waals surface area contributed by atoms with Crippen LogP contribution in [0.2, 0.25) is 0 Å². The van der Waals surface area contributed by atoms with E-state index in [1.54, 1.807) is 24.8 Å². The van der Waals surface area contributed by atoms with Gasteiger partial charge in [-0.15, -0.1) is 11.3 Å². The van der Waals surface area contributed by atoms with Crippen LogP contribution >= 0.6 is 11.3 Å². The second-order valence-corrected chi connectivity index (χ2v) is 6.89. The molecule has 0 amide bonds. The number of nitrogens with zero attached hydrogens (tertiary/aromatic N) is 2. The number of anilines is 1. The van der Waals surface area contributed by atoms with E-state index in [2.05, 4.69) is 20.7 Å². The van der Waals surface area contributed by atoms with Crippen molar-refractivity contribution in [3.8, 4) is 16.9 Å². The van der Waals surface area contributed by atoms with Crippen LogP contribution in [0.5, 0.6) is 5.75 Å². The van der Waals surface area contributed by atoms with Crippen molar-refractivity contribution in [2.45, 2.75) is 31.4 Å². The van der Waals surface area contributed by atoms with Crippen LogP contribution in [-0.2, 0) is 0 Å². The third-order valence-electron chi connectivity index (χ3n) is 4.57. The number of nitrogens with one attached hydrogen (secondary N) is 1. The molecule has 1 aliphatic carbocycles. The number of aromatic nitrogens is 2. The Balaban J connectivity index is 1.76. The average Bonchev–Trinajstić information content (AvgIpc) is 3.22. The molecule has 0 bridgehead atoms. The minimum atomic E-state index is -0.307. The van der Waals surface area contributed by atoms with Crippen molar-refractivity contribution in [1.82, 2.24) is 9.97 Å². The molecule has 1 fully saturated rings. The minimum absolute atomic E-state index is 0.0618. The lowest BCUT2D eigenvalue weighted by molar-refractivity contribution is 0.171. The van der Waals surface area contributed by atoms with Gasteiger partial charge in [0.2, 0.25) is 0 Å². The van der Waals surface area contributed by atoms with Crippen molar-refractivity contribution in [1.29, 1.82) is 0 Å².